The van der Waals surface area contributed by atoms with E-state index in [2.05, 4.69) is 20.7 Å². The van der Waals surface area contributed by atoms with Crippen molar-refractivity contribution in [3.63, 3.8) is 0 Å². The largest absolute Gasteiger partial charge is 0.477 e. The average molecular weight is 475 g/mol. The number of carbonyl (C=O) groups is 2. The molecule has 2 N–H and O–H groups in total. The molecule has 0 bridgehead atoms. The van der Waals surface area contributed by atoms with Crippen LogP contribution < -0.4 is 15.4 Å². The molecule has 2 amide bonds. The lowest BCUT2D eigenvalue weighted by atomic mass is 10.2. The van der Waals surface area contributed by atoms with Crippen LogP contribution in [0.25, 0.3) is 5.69 Å². The molecular weight excluding hydrogens is 451 g/mol. The van der Waals surface area contributed by atoms with Crippen molar-refractivity contribution >= 4 is 11.8 Å². The number of nitrogens with zero attached hydrogens (tertiary/aromatic N) is 3. The minimum absolute atomic E-state index is 0.00431. The van der Waals surface area contributed by atoms with Crippen molar-refractivity contribution < 1.29 is 27.5 Å². The summed E-state index contributed by atoms with van der Waals surface area (Å²) in [5.74, 6) is -0.656. The van der Waals surface area contributed by atoms with Gasteiger partial charge >= 0.3 is 6.18 Å². The summed E-state index contributed by atoms with van der Waals surface area (Å²) in [7, 11) is 0. The zero-order chi connectivity index (χ0) is 24.7. The SMILES string of the molecule is CC(C)COc1ccc(C(=O)NCCNC(=O)c2cn(-c3ccccc3)nc2C(F)(F)F)cn1. The van der Waals surface area contributed by atoms with Crippen LogP contribution in [0.2, 0.25) is 0 Å². The maximum Gasteiger partial charge on any atom is 0.435 e. The van der Waals surface area contributed by atoms with Gasteiger partial charge in [-0.1, -0.05) is 32.0 Å². The molecule has 3 rings (SSSR count). The van der Waals surface area contributed by atoms with E-state index in [1.807, 2.05) is 13.8 Å². The number of aromatic nitrogens is 3. The monoisotopic (exact) mass is 475 g/mol. The topological polar surface area (TPSA) is 98.1 Å². The third-order valence-electron chi connectivity index (χ3n) is 4.51. The molecule has 1 aromatic carbocycles. The van der Waals surface area contributed by atoms with Gasteiger partial charge in [0.05, 0.1) is 23.4 Å². The molecule has 2 aromatic heterocycles. The van der Waals surface area contributed by atoms with Gasteiger partial charge in [0.15, 0.2) is 5.69 Å². The zero-order valence-corrected chi connectivity index (χ0v) is 18.6. The zero-order valence-electron chi connectivity index (χ0n) is 18.6. The van der Waals surface area contributed by atoms with E-state index in [0.717, 1.165) is 10.9 Å². The number of para-hydroxylation sites is 1. The summed E-state index contributed by atoms with van der Waals surface area (Å²) in [5.41, 5.74) is -1.23. The summed E-state index contributed by atoms with van der Waals surface area (Å²) < 4.78 is 46.7. The molecule has 0 atom stereocenters. The van der Waals surface area contributed by atoms with Crippen molar-refractivity contribution in [2.75, 3.05) is 19.7 Å². The van der Waals surface area contributed by atoms with E-state index >= 15 is 0 Å². The lowest BCUT2D eigenvalue weighted by Gasteiger charge is -2.09. The lowest BCUT2D eigenvalue weighted by molar-refractivity contribution is -0.141. The lowest BCUT2D eigenvalue weighted by Crippen LogP contribution is -2.35. The number of amides is 2. The average Bonchev–Trinajstić information content (AvgIpc) is 3.27. The van der Waals surface area contributed by atoms with E-state index in [4.69, 9.17) is 4.74 Å². The normalized spacial score (nSPS) is 11.4. The Kier molecular flexibility index (Phi) is 7.87. The maximum absolute atomic E-state index is 13.4. The van der Waals surface area contributed by atoms with Crippen LogP contribution in [0.4, 0.5) is 13.2 Å². The number of rotatable bonds is 9. The minimum atomic E-state index is -4.81. The van der Waals surface area contributed by atoms with Crippen LogP contribution in [-0.2, 0) is 6.18 Å². The van der Waals surface area contributed by atoms with Crippen LogP contribution in [0.15, 0.2) is 54.9 Å². The van der Waals surface area contributed by atoms with Gasteiger partial charge in [-0.2, -0.15) is 18.3 Å². The van der Waals surface area contributed by atoms with Crippen LogP contribution in [0.3, 0.4) is 0 Å². The Morgan fingerprint density at radius 3 is 2.29 bits per heavy atom. The summed E-state index contributed by atoms with van der Waals surface area (Å²) in [4.78, 5) is 28.7. The predicted molar refractivity (Wildman–Crippen MR) is 118 cm³/mol. The molecule has 0 unspecified atom stereocenters. The Balaban J connectivity index is 1.56. The molecule has 0 radical (unpaired) electrons. The number of carbonyl (C=O) groups excluding carboxylic acids is 2. The molecule has 0 saturated heterocycles. The Bertz CT molecular complexity index is 1110. The summed E-state index contributed by atoms with van der Waals surface area (Å²) in [6.07, 6.45) is -2.42. The fourth-order valence-electron chi connectivity index (χ4n) is 2.86. The summed E-state index contributed by atoms with van der Waals surface area (Å²) in [6, 6.07) is 11.3. The van der Waals surface area contributed by atoms with Crippen molar-refractivity contribution in [1.82, 2.24) is 25.4 Å². The third-order valence-corrected chi connectivity index (χ3v) is 4.51. The molecule has 180 valence electrons. The highest BCUT2D eigenvalue weighted by molar-refractivity contribution is 5.96. The smallest absolute Gasteiger partial charge is 0.435 e. The molecule has 0 aliphatic rings. The maximum atomic E-state index is 13.4. The summed E-state index contributed by atoms with van der Waals surface area (Å²) in [6.45, 7) is 4.42. The molecular formula is C23H24F3N5O3. The van der Waals surface area contributed by atoms with Crippen LogP contribution in [0, 0.1) is 5.92 Å². The summed E-state index contributed by atoms with van der Waals surface area (Å²) in [5, 5.41) is 8.49. The number of benzene rings is 1. The first-order valence-corrected chi connectivity index (χ1v) is 10.5. The van der Waals surface area contributed by atoms with E-state index in [0.29, 0.717) is 24.1 Å². The molecule has 2 heterocycles. The van der Waals surface area contributed by atoms with Gasteiger partial charge in [0, 0.05) is 31.5 Å². The van der Waals surface area contributed by atoms with Gasteiger partial charge in [0.25, 0.3) is 11.8 Å². The first-order valence-electron chi connectivity index (χ1n) is 10.5. The molecule has 0 fully saturated rings. The van der Waals surface area contributed by atoms with Crippen molar-refractivity contribution in [2.45, 2.75) is 20.0 Å². The molecule has 0 saturated carbocycles. The van der Waals surface area contributed by atoms with Crippen LogP contribution in [-0.4, -0.2) is 46.3 Å². The number of halogens is 3. The van der Waals surface area contributed by atoms with E-state index in [1.165, 1.54) is 6.20 Å². The predicted octanol–water partition coefficient (Wildman–Crippen LogP) is 3.48. The molecule has 11 heteroatoms. The third kappa shape index (κ3) is 6.56. The van der Waals surface area contributed by atoms with Gasteiger partial charge in [0.1, 0.15) is 0 Å². The van der Waals surface area contributed by atoms with Crippen LogP contribution >= 0.6 is 0 Å². The number of alkyl halides is 3. The quantitative estimate of drug-likeness (QED) is 0.462. The van der Waals surface area contributed by atoms with Crippen molar-refractivity contribution in [3.8, 4) is 11.6 Å². The fourth-order valence-corrected chi connectivity index (χ4v) is 2.86. The standard InChI is InChI=1S/C23H24F3N5O3/c1-15(2)14-34-19-9-8-16(12-29-19)21(32)27-10-11-28-22(33)18-13-31(17-6-4-3-5-7-17)30-20(18)23(24,25)26/h3-9,12-13,15H,10-11,14H2,1-2H3,(H,27,32)(H,28,33). The highest BCUT2D eigenvalue weighted by Gasteiger charge is 2.39. The second-order valence-electron chi connectivity index (χ2n) is 7.77. The Labute approximate surface area is 194 Å². The van der Waals surface area contributed by atoms with E-state index in [1.54, 1.807) is 42.5 Å². The molecule has 8 nitrogen and oxygen atoms in total. The second kappa shape index (κ2) is 10.8. The fraction of sp³-hybridized carbons (Fsp3) is 0.304. The molecule has 34 heavy (non-hydrogen) atoms. The highest BCUT2D eigenvalue weighted by atomic mass is 19.4. The molecule has 0 aliphatic carbocycles. The summed E-state index contributed by atoms with van der Waals surface area (Å²) >= 11 is 0. The highest BCUT2D eigenvalue weighted by Crippen LogP contribution is 2.31. The Morgan fingerprint density at radius 2 is 1.71 bits per heavy atom. The van der Waals surface area contributed by atoms with Gasteiger partial charge in [-0.05, 0) is 24.1 Å². The van der Waals surface area contributed by atoms with Gasteiger partial charge in [0.2, 0.25) is 5.88 Å². The van der Waals surface area contributed by atoms with E-state index in [-0.39, 0.29) is 18.7 Å². The minimum Gasteiger partial charge on any atom is -0.477 e. The first kappa shape index (κ1) is 24.7. The number of hydrogen-bond acceptors (Lipinski definition) is 5. The molecule has 0 aliphatic heterocycles. The van der Waals surface area contributed by atoms with Crippen molar-refractivity contribution in [3.05, 3.63) is 71.7 Å². The van der Waals surface area contributed by atoms with E-state index in [9.17, 15) is 22.8 Å². The van der Waals surface area contributed by atoms with Gasteiger partial charge in [-0.3, -0.25) is 9.59 Å². The van der Waals surface area contributed by atoms with Gasteiger partial charge in [-0.15, -0.1) is 0 Å². The van der Waals surface area contributed by atoms with Crippen molar-refractivity contribution in [2.24, 2.45) is 5.92 Å². The number of pyridine rings is 1. The van der Waals surface area contributed by atoms with Gasteiger partial charge in [-0.25, -0.2) is 9.67 Å². The Hall–Kier alpha value is -3.89. The number of hydrogen-bond donors (Lipinski definition) is 2. The van der Waals surface area contributed by atoms with Crippen LogP contribution in [0.1, 0.15) is 40.3 Å². The number of nitrogens with one attached hydrogen (secondary N) is 2. The first-order chi connectivity index (χ1) is 16.1. The molecule has 3 aromatic rings. The Morgan fingerprint density at radius 1 is 1.03 bits per heavy atom. The number of ether oxygens (including phenoxy) is 1. The van der Waals surface area contributed by atoms with Crippen LogP contribution in [0.5, 0.6) is 5.88 Å². The van der Waals surface area contributed by atoms with Crippen molar-refractivity contribution in [1.29, 1.82) is 0 Å². The van der Waals surface area contributed by atoms with Gasteiger partial charge < -0.3 is 15.4 Å². The van der Waals surface area contributed by atoms with E-state index < -0.39 is 29.2 Å². The second-order valence-corrected chi connectivity index (χ2v) is 7.77. The molecule has 0 spiro atoms.